The van der Waals surface area contributed by atoms with Crippen molar-refractivity contribution in [2.45, 2.75) is 51.6 Å². The Kier molecular flexibility index (Phi) is 5.87. The van der Waals surface area contributed by atoms with Crippen LogP contribution < -0.4 is 5.32 Å². The van der Waals surface area contributed by atoms with Gasteiger partial charge in [-0.25, -0.2) is 0 Å². The van der Waals surface area contributed by atoms with Crippen LogP contribution in [0.25, 0.3) is 0 Å². The van der Waals surface area contributed by atoms with Crippen molar-refractivity contribution in [3.05, 3.63) is 35.9 Å². The van der Waals surface area contributed by atoms with Crippen molar-refractivity contribution in [3.63, 3.8) is 0 Å². The van der Waals surface area contributed by atoms with Gasteiger partial charge in [0.15, 0.2) is 0 Å². The maximum Gasteiger partial charge on any atom is 0.0107 e. The Morgan fingerprint density at radius 1 is 1.16 bits per heavy atom. The molecule has 1 aliphatic rings. The van der Waals surface area contributed by atoms with Crippen molar-refractivity contribution in [1.82, 2.24) is 10.2 Å². The highest BCUT2D eigenvalue weighted by Crippen LogP contribution is 2.13. The lowest BCUT2D eigenvalue weighted by Gasteiger charge is -2.34. The smallest absolute Gasteiger partial charge is 0.0107 e. The zero-order valence-corrected chi connectivity index (χ0v) is 12.4. The van der Waals surface area contributed by atoms with E-state index in [1.165, 1.54) is 44.5 Å². The molecule has 1 aromatic carbocycles. The van der Waals surface area contributed by atoms with Crippen LogP contribution in [0.3, 0.4) is 0 Å². The Morgan fingerprint density at radius 3 is 2.42 bits per heavy atom. The molecule has 1 heterocycles. The molecule has 0 bridgehead atoms. The van der Waals surface area contributed by atoms with Crippen LogP contribution in [0.1, 0.15) is 38.7 Å². The molecule has 0 radical (unpaired) electrons. The van der Waals surface area contributed by atoms with Crippen molar-refractivity contribution >= 4 is 0 Å². The van der Waals surface area contributed by atoms with E-state index in [0.29, 0.717) is 6.04 Å². The Bertz CT molecular complexity index is 342. The Labute approximate surface area is 118 Å². The average Bonchev–Trinajstić information content (AvgIpc) is 2.48. The minimum Gasteiger partial charge on any atom is -0.311 e. The van der Waals surface area contributed by atoms with Crippen LogP contribution in [0.15, 0.2) is 30.3 Å². The molecule has 19 heavy (non-hydrogen) atoms. The van der Waals surface area contributed by atoms with Crippen LogP contribution in [0, 0.1) is 0 Å². The van der Waals surface area contributed by atoms with Gasteiger partial charge in [0.05, 0.1) is 0 Å². The lowest BCUT2D eigenvalue weighted by molar-refractivity contribution is 0.197. The number of hydrogen-bond donors (Lipinski definition) is 1. The lowest BCUT2D eigenvalue weighted by atomic mass is 9.99. The van der Waals surface area contributed by atoms with Crippen molar-refractivity contribution in [1.29, 1.82) is 0 Å². The third-order valence-corrected chi connectivity index (χ3v) is 4.32. The van der Waals surface area contributed by atoms with Crippen LogP contribution in [-0.2, 0) is 6.42 Å². The number of likely N-dealkylation sites (tertiary alicyclic amines) is 1. The third kappa shape index (κ3) is 4.63. The van der Waals surface area contributed by atoms with Gasteiger partial charge in [-0.1, -0.05) is 44.2 Å². The highest BCUT2D eigenvalue weighted by molar-refractivity contribution is 5.15. The van der Waals surface area contributed by atoms with Crippen molar-refractivity contribution in [3.8, 4) is 0 Å². The zero-order valence-electron chi connectivity index (χ0n) is 12.4. The second kappa shape index (κ2) is 7.66. The molecular weight excluding hydrogens is 232 g/mol. The van der Waals surface area contributed by atoms with Gasteiger partial charge in [0.2, 0.25) is 0 Å². The zero-order chi connectivity index (χ0) is 13.5. The van der Waals surface area contributed by atoms with Crippen LogP contribution in [0.5, 0.6) is 0 Å². The number of nitrogens with zero attached hydrogens (tertiary/aromatic N) is 1. The summed E-state index contributed by atoms with van der Waals surface area (Å²) >= 11 is 0. The number of nitrogens with one attached hydrogen (secondary N) is 1. The average molecular weight is 260 g/mol. The molecule has 0 saturated carbocycles. The number of hydrogen-bond acceptors (Lipinski definition) is 2. The van der Waals surface area contributed by atoms with Gasteiger partial charge in [-0.2, -0.15) is 0 Å². The molecule has 1 unspecified atom stereocenters. The molecular formula is C17H28N2. The molecule has 2 heteroatoms. The molecule has 1 atom stereocenters. The van der Waals surface area contributed by atoms with E-state index in [1.54, 1.807) is 0 Å². The summed E-state index contributed by atoms with van der Waals surface area (Å²) in [5.41, 5.74) is 1.45. The van der Waals surface area contributed by atoms with Gasteiger partial charge < -0.3 is 10.2 Å². The molecule has 2 nitrogen and oxygen atoms in total. The summed E-state index contributed by atoms with van der Waals surface area (Å²) in [5, 5.41) is 3.87. The first-order chi connectivity index (χ1) is 9.31. The fourth-order valence-electron chi connectivity index (χ4n) is 2.97. The summed E-state index contributed by atoms with van der Waals surface area (Å²) in [6.45, 7) is 8.28. The molecule has 1 saturated heterocycles. The van der Waals surface area contributed by atoms with Crippen LogP contribution in [0.2, 0.25) is 0 Å². The molecule has 0 spiro atoms. The van der Waals surface area contributed by atoms with Gasteiger partial charge in [-0.05, 0) is 50.9 Å². The molecule has 1 N–H and O–H groups in total. The van der Waals surface area contributed by atoms with E-state index in [-0.39, 0.29) is 0 Å². The molecule has 1 fully saturated rings. The summed E-state index contributed by atoms with van der Waals surface area (Å²) in [4.78, 5) is 2.55. The SMILES string of the molecule is CCC(Cc1ccccc1)NC1CCN(CC)CC1. The summed E-state index contributed by atoms with van der Waals surface area (Å²) in [7, 11) is 0. The molecule has 1 aromatic rings. The maximum atomic E-state index is 3.87. The monoisotopic (exact) mass is 260 g/mol. The summed E-state index contributed by atoms with van der Waals surface area (Å²) in [6, 6.07) is 12.2. The van der Waals surface area contributed by atoms with Crippen LogP contribution in [0.4, 0.5) is 0 Å². The Hall–Kier alpha value is -0.860. The predicted molar refractivity (Wildman–Crippen MR) is 82.5 cm³/mol. The Balaban J connectivity index is 1.79. The van der Waals surface area contributed by atoms with Crippen molar-refractivity contribution < 1.29 is 0 Å². The highest BCUT2D eigenvalue weighted by atomic mass is 15.1. The van der Waals surface area contributed by atoms with E-state index >= 15 is 0 Å². The largest absolute Gasteiger partial charge is 0.311 e. The third-order valence-electron chi connectivity index (χ3n) is 4.32. The van der Waals surface area contributed by atoms with E-state index < -0.39 is 0 Å². The lowest BCUT2D eigenvalue weighted by Crippen LogP contribution is -2.46. The van der Waals surface area contributed by atoms with Crippen molar-refractivity contribution in [2.75, 3.05) is 19.6 Å². The fourth-order valence-corrected chi connectivity index (χ4v) is 2.97. The first kappa shape index (κ1) is 14.5. The van der Waals surface area contributed by atoms with Gasteiger partial charge in [0.1, 0.15) is 0 Å². The minimum absolute atomic E-state index is 0.626. The Morgan fingerprint density at radius 2 is 1.84 bits per heavy atom. The van der Waals surface area contributed by atoms with Gasteiger partial charge in [0, 0.05) is 12.1 Å². The topological polar surface area (TPSA) is 15.3 Å². The summed E-state index contributed by atoms with van der Waals surface area (Å²) in [6.07, 6.45) is 4.98. The summed E-state index contributed by atoms with van der Waals surface area (Å²) in [5.74, 6) is 0. The molecule has 1 aliphatic heterocycles. The van der Waals surface area contributed by atoms with Gasteiger partial charge in [-0.15, -0.1) is 0 Å². The molecule has 106 valence electrons. The van der Waals surface area contributed by atoms with E-state index in [0.717, 1.165) is 12.5 Å². The van der Waals surface area contributed by atoms with E-state index in [1.807, 2.05) is 0 Å². The summed E-state index contributed by atoms with van der Waals surface area (Å²) < 4.78 is 0. The quantitative estimate of drug-likeness (QED) is 0.845. The highest BCUT2D eigenvalue weighted by Gasteiger charge is 2.20. The normalized spacial score (nSPS) is 19.5. The molecule has 2 rings (SSSR count). The first-order valence-electron chi connectivity index (χ1n) is 7.84. The first-order valence-corrected chi connectivity index (χ1v) is 7.84. The van der Waals surface area contributed by atoms with Crippen LogP contribution >= 0.6 is 0 Å². The molecule has 0 amide bonds. The van der Waals surface area contributed by atoms with E-state index in [4.69, 9.17) is 0 Å². The number of benzene rings is 1. The fraction of sp³-hybridized carbons (Fsp3) is 0.647. The predicted octanol–water partition coefficient (Wildman–Crippen LogP) is 3.08. The van der Waals surface area contributed by atoms with E-state index in [9.17, 15) is 0 Å². The van der Waals surface area contributed by atoms with Gasteiger partial charge >= 0.3 is 0 Å². The molecule has 0 aromatic heterocycles. The maximum absolute atomic E-state index is 3.87. The second-order valence-corrected chi connectivity index (χ2v) is 5.67. The second-order valence-electron chi connectivity index (χ2n) is 5.67. The minimum atomic E-state index is 0.626. The number of rotatable bonds is 6. The van der Waals surface area contributed by atoms with Crippen LogP contribution in [-0.4, -0.2) is 36.6 Å². The number of piperidine rings is 1. The molecule has 0 aliphatic carbocycles. The van der Waals surface area contributed by atoms with Gasteiger partial charge in [-0.3, -0.25) is 0 Å². The van der Waals surface area contributed by atoms with Crippen molar-refractivity contribution in [2.24, 2.45) is 0 Å². The standard InChI is InChI=1S/C17H28N2/c1-3-16(14-15-8-6-5-7-9-15)18-17-10-12-19(4-2)13-11-17/h5-9,16-18H,3-4,10-14H2,1-2H3. The van der Waals surface area contributed by atoms with E-state index in [2.05, 4.69) is 54.4 Å². The van der Waals surface area contributed by atoms with Gasteiger partial charge in [0.25, 0.3) is 0 Å².